The summed E-state index contributed by atoms with van der Waals surface area (Å²) in [6.07, 6.45) is 1.20. The van der Waals surface area contributed by atoms with E-state index in [9.17, 15) is 14.4 Å². The van der Waals surface area contributed by atoms with E-state index in [0.29, 0.717) is 57.3 Å². The van der Waals surface area contributed by atoms with Crippen molar-refractivity contribution in [1.29, 1.82) is 0 Å². The van der Waals surface area contributed by atoms with Gasteiger partial charge in [0.2, 0.25) is 5.91 Å². The van der Waals surface area contributed by atoms with Crippen LogP contribution in [0.5, 0.6) is 0 Å². The number of hydrogen-bond acceptors (Lipinski definition) is 4. The van der Waals surface area contributed by atoms with Gasteiger partial charge in [-0.25, -0.2) is 0 Å². The standard InChI is InChI=1S/C21H28ClN3O4/c1-15(2)23-18(26)19(27)24-8-10-25(11-9-24)20(28)21(6-12-29-13-7-21)16-4-3-5-17(22)14-16/h3-5,14-15H,6-13H2,1-2H3,(H,23,26). The van der Waals surface area contributed by atoms with Crippen LogP contribution < -0.4 is 5.32 Å². The average Bonchev–Trinajstić information content (AvgIpc) is 2.73. The van der Waals surface area contributed by atoms with Crippen LogP contribution in [0, 0.1) is 0 Å². The van der Waals surface area contributed by atoms with E-state index in [1.807, 2.05) is 32.0 Å². The molecule has 29 heavy (non-hydrogen) atoms. The van der Waals surface area contributed by atoms with Crippen LogP contribution in [0.4, 0.5) is 0 Å². The maximum Gasteiger partial charge on any atom is 0.312 e. The SMILES string of the molecule is CC(C)NC(=O)C(=O)N1CCN(C(=O)C2(c3cccc(Cl)c3)CCOCC2)CC1. The van der Waals surface area contributed by atoms with Gasteiger partial charge in [0, 0.05) is 50.5 Å². The second kappa shape index (κ2) is 9.13. The molecule has 0 spiro atoms. The number of benzene rings is 1. The smallest absolute Gasteiger partial charge is 0.312 e. The van der Waals surface area contributed by atoms with Crippen molar-refractivity contribution in [1.82, 2.24) is 15.1 Å². The Bertz CT molecular complexity index is 769. The van der Waals surface area contributed by atoms with Crippen molar-refractivity contribution in [2.75, 3.05) is 39.4 Å². The third-order valence-electron chi connectivity index (χ3n) is 5.60. The summed E-state index contributed by atoms with van der Waals surface area (Å²) in [6.45, 7) is 6.16. The summed E-state index contributed by atoms with van der Waals surface area (Å²) in [6, 6.07) is 7.38. The van der Waals surface area contributed by atoms with Crippen LogP contribution in [0.3, 0.4) is 0 Å². The lowest BCUT2D eigenvalue weighted by molar-refractivity contribution is -0.150. The first kappa shape index (κ1) is 21.6. The predicted molar refractivity (Wildman–Crippen MR) is 110 cm³/mol. The van der Waals surface area contributed by atoms with Gasteiger partial charge in [-0.1, -0.05) is 23.7 Å². The van der Waals surface area contributed by atoms with Crippen molar-refractivity contribution in [2.45, 2.75) is 38.1 Å². The molecular weight excluding hydrogens is 394 g/mol. The molecule has 0 unspecified atom stereocenters. The number of nitrogens with zero attached hydrogens (tertiary/aromatic N) is 2. The maximum atomic E-state index is 13.6. The quantitative estimate of drug-likeness (QED) is 0.751. The molecule has 0 saturated carbocycles. The van der Waals surface area contributed by atoms with Gasteiger partial charge in [-0.3, -0.25) is 14.4 Å². The van der Waals surface area contributed by atoms with Crippen molar-refractivity contribution in [3.8, 4) is 0 Å². The number of amides is 3. The van der Waals surface area contributed by atoms with Crippen molar-refractivity contribution < 1.29 is 19.1 Å². The summed E-state index contributed by atoms with van der Waals surface area (Å²) in [7, 11) is 0. The number of ether oxygens (including phenoxy) is 1. The molecular formula is C21H28ClN3O4. The fourth-order valence-electron chi connectivity index (χ4n) is 4.01. The van der Waals surface area contributed by atoms with E-state index in [-0.39, 0.29) is 11.9 Å². The normalized spacial score (nSPS) is 19.2. The van der Waals surface area contributed by atoms with Gasteiger partial charge in [0.25, 0.3) is 0 Å². The summed E-state index contributed by atoms with van der Waals surface area (Å²) in [5.74, 6) is -1.09. The van der Waals surface area contributed by atoms with Crippen LogP contribution >= 0.6 is 11.6 Å². The van der Waals surface area contributed by atoms with Crippen LogP contribution in [-0.4, -0.2) is 73.0 Å². The Balaban J connectivity index is 1.71. The Labute approximate surface area is 176 Å². The number of carbonyl (C=O) groups excluding carboxylic acids is 3. The lowest BCUT2D eigenvalue weighted by Gasteiger charge is -2.43. The zero-order valence-electron chi connectivity index (χ0n) is 16.9. The highest BCUT2D eigenvalue weighted by Gasteiger charge is 2.45. The van der Waals surface area contributed by atoms with E-state index in [1.54, 1.807) is 11.0 Å². The number of rotatable bonds is 3. The molecule has 0 radical (unpaired) electrons. The first-order valence-electron chi connectivity index (χ1n) is 10.1. The number of hydrogen-bond donors (Lipinski definition) is 1. The van der Waals surface area contributed by atoms with E-state index in [0.717, 1.165) is 5.56 Å². The van der Waals surface area contributed by atoms with E-state index in [1.165, 1.54) is 4.90 Å². The maximum absolute atomic E-state index is 13.6. The summed E-state index contributed by atoms with van der Waals surface area (Å²) in [4.78, 5) is 41.2. The highest BCUT2D eigenvalue weighted by Crippen LogP contribution is 2.38. The van der Waals surface area contributed by atoms with E-state index in [4.69, 9.17) is 16.3 Å². The summed E-state index contributed by atoms with van der Waals surface area (Å²) >= 11 is 6.20. The van der Waals surface area contributed by atoms with Crippen LogP contribution in [0.25, 0.3) is 0 Å². The average molecular weight is 422 g/mol. The second-order valence-electron chi connectivity index (χ2n) is 7.92. The third kappa shape index (κ3) is 4.73. The van der Waals surface area contributed by atoms with Crippen LogP contribution in [0.15, 0.2) is 24.3 Å². The highest BCUT2D eigenvalue weighted by atomic mass is 35.5. The number of nitrogens with one attached hydrogen (secondary N) is 1. The molecule has 3 amide bonds. The van der Waals surface area contributed by atoms with Crippen LogP contribution in [0.2, 0.25) is 5.02 Å². The summed E-state index contributed by atoms with van der Waals surface area (Å²) in [5.41, 5.74) is 0.248. The second-order valence-corrected chi connectivity index (χ2v) is 8.35. The first-order valence-corrected chi connectivity index (χ1v) is 10.4. The number of piperazine rings is 1. The Morgan fingerprint density at radius 1 is 1.07 bits per heavy atom. The van der Waals surface area contributed by atoms with E-state index < -0.39 is 17.2 Å². The van der Waals surface area contributed by atoms with Crippen molar-refractivity contribution >= 4 is 29.3 Å². The minimum atomic E-state index is -0.662. The fourth-order valence-corrected chi connectivity index (χ4v) is 4.21. The largest absolute Gasteiger partial charge is 0.381 e. The molecule has 2 aliphatic rings. The van der Waals surface area contributed by atoms with E-state index in [2.05, 4.69) is 5.32 Å². The predicted octanol–water partition coefficient (Wildman–Crippen LogP) is 1.58. The van der Waals surface area contributed by atoms with Crippen molar-refractivity contribution in [3.63, 3.8) is 0 Å². The highest BCUT2D eigenvalue weighted by molar-refractivity contribution is 6.35. The number of halogens is 1. The molecule has 0 aliphatic carbocycles. The number of carbonyl (C=O) groups is 3. The monoisotopic (exact) mass is 421 g/mol. The van der Waals surface area contributed by atoms with E-state index >= 15 is 0 Å². The zero-order chi connectivity index (χ0) is 21.0. The van der Waals surface area contributed by atoms with Gasteiger partial charge >= 0.3 is 11.8 Å². The lowest BCUT2D eigenvalue weighted by atomic mass is 9.73. The zero-order valence-corrected chi connectivity index (χ0v) is 17.7. The summed E-state index contributed by atoms with van der Waals surface area (Å²) < 4.78 is 5.52. The minimum Gasteiger partial charge on any atom is -0.381 e. The molecule has 2 saturated heterocycles. The molecule has 1 aromatic rings. The molecule has 1 aromatic carbocycles. The fraction of sp³-hybridized carbons (Fsp3) is 0.571. The molecule has 7 nitrogen and oxygen atoms in total. The molecule has 1 N–H and O–H groups in total. The van der Waals surface area contributed by atoms with Gasteiger partial charge in [0.05, 0.1) is 5.41 Å². The Hall–Kier alpha value is -2.12. The molecule has 0 bridgehead atoms. The van der Waals surface area contributed by atoms with Crippen LogP contribution in [0.1, 0.15) is 32.3 Å². The molecule has 8 heteroatoms. The molecule has 0 aromatic heterocycles. The van der Waals surface area contributed by atoms with Crippen molar-refractivity contribution in [2.24, 2.45) is 0 Å². The molecule has 2 heterocycles. The molecule has 158 valence electrons. The van der Waals surface area contributed by atoms with Gasteiger partial charge in [0.15, 0.2) is 0 Å². The molecule has 2 aliphatic heterocycles. The topological polar surface area (TPSA) is 79.0 Å². The van der Waals surface area contributed by atoms with Gasteiger partial charge in [-0.15, -0.1) is 0 Å². The Morgan fingerprint density at radius 3 is 2.28 bits per heavy atom. The first-order chi connectivity index (χ1) is 13.8. The Kier molecular flexibility index (Phi) is 6.80. The molecule has 0 atom stereocenters. The minimum absolute atomic E-state index is 0.0433. The van der Waals surface area contributed by atoms with Gasteiger partial charge in [-0.2, -0.15) is 0 Å². The Morgan fingerprint density at radius 2 is 1.69 bits per heavy atom. The third-order valence-corrected chi connectivity index (χ3v) is 5.84. The molecule has 3 rings (SSSR count). The van der Waals surface area contributed by atoms with Gasteiger partial charge < -0.3 is 19.9 Å². The van der Waals surface area contributed by atoms with Crippen molar-refractivity contribution in [3.05, 3.63) is 34.9 Å². The lowest BCUT2D eigenvalue weighted by Crippen LogP contribution is -2.58. The molecule has 2 fully saturated rings. The van der Waals surface area contributed by atoms with Gasteiger partial charge in [-0.05, 0) is 44.4 Å². The summed E-state index contributed by atoms with van der Waals surface area (Å²) in [5, 5.41) is 3.23. The van der Waals surface area contributed by atoms with Gasteiger partial charge in [0.1, 0.15) is 0 Å². The van der Waals surface area contributed by atoms with Crippen LogP contribution in [-0.2, 0) is 24.5 Å².